The lowest BCUT2D eigenvalue weighted by molar-refractivity contribution is 0.0141. The van der Waals surface area contributed by atoms with E-state index in [9.17, 15) is 15.0 Å². The van der Waals surface area contributed by atoms with Gasteiger partial charge in [0.05, 0.1) is 6.10 Å². The molecule has 0 heterocycles. The van der Waals surface area contributed by atoms with Gasteiger partial charge in [-0.25, -0.2) is 4.79 Å². The number of anilines is 1. The maximum atomic E-state index is 10.7. The molecule has 6 heteroatoms. The van der Waals surface area contributed by atoms with Gasteiger partial charge in [-0.2, -0.15) is 0 Å². The van der Waals surface area contributed by atoms with Gasteiger partial charge in [0.25, 0.3) is 0 Å². The fraction of sp³-hybridized carbons (Fsp3) is 0.417. The topological polar surface area (TPSA) is 108 Å². The molecule has 0 spiro atoms. The third-order valence-electron chi connectivity index (χ3n) is 2.55. The van der Waals surface area contributed by atoms with Crippen molar-refractivity contribution in [1.82, 2.24) is 5.32 Å². The summed E-state index contributed by atoms with van der Waals surface area (Å²) >= 11 is 0. The molecule has 18 heavy (non-hydrogen) atoms. The summed E-state index contributed by atoms with van der Waals surface area (Å²) in [4.78, 5) is 10.7. The number of aliphatic hydroxyl groups is 2. The first-order valence-corrected chi connectivity index (χ1v) is 5.71. The summed E-state index contributed by atoms with van der Waals surface area (Å²) in [5.41, 5.74) is 6.02. The van der Waals surface area contributed by atoms with Gasteiger partial charge in [-0.1, -0.05) is 12.1 Å². The zero-order valence-corrected chi connectivity index (χ0v) is 10.3. The standard InChI is InChI=1S/C12H19N3O3/c1-14-6-5-10(16)11(17)8-3-2-4-9(7-8)15-12(13)18/h2-4,7,10-11,14,16-17H,5-6H2,1H3,(H3,13,15,18). The summed E-state index contributed by atoms with van der Waals surface area (Å²) < 4.78 is 0. The van der Waals surface area contributed by atoms with Crippen LogP contribution in [0.4, 0.5) is 10.5 Å². The number of nitrogens with two attached hydrogens (primary N) is 1. The lowest BCUT2D eigenvalue weighted by Crippen LogP contribution is -2.23. The van der Waals surface area contributed by atoms with E-state index >= 15 is 0 Å². The normalized spacial score (nSPS) is 13.9. The van der Waals surface area contributed by atoms with Crippen LogP contribution in [0.15, 0.2) is 24.3 Å². The highest BCUT2D eigenvalue weighted by molar-refractivity contribution is 5.87. The van der Waals surface area contributed by atoms with Gasteiger partial charge in [0.1, 0.15) is 6.10 Å². The predicted octanol–water partition coefficient (Wildman–Crippen LogP) is 0.181. The molecule has 0 radical (unpaired) electrons. The number of hydrogen-bond donors (Lipinski definition) is 5. The average molecular weight is 253 g/mol. The highest BCUT2D eigenvalue weighted by Crippen LogP contribution is 2.21. The van der Waals surface area contributed by atoms with Crippen molar-refractivity contribution in [3.8, 4) is 0 Å². The molecular weight excluding hydrogens is 234 g/mol. The van der Waals surface area contributed by atoms with Crippen LogP contribution >= 0.6 is 0 Å². The molecule has 1 aromatic carbocycles. The van der Waals surface area contributed by atoms with E-state index in [2.05, 4.69) is 10.6 Å². The highest BCUT2D eigenvalue weighted by Gasteiger charge is 2.18. The highest BCUT2D eigenvalue weighted by atomic mass is 16.3. The van der Waals surface area contributed by atoms with Crippen molar-refractivity contribution in [3.63, 3.8) is 0 Å². The second-order valence-electron chi connectivity index (χ2n) is 4.02. The van der Waals surface area contributed by atoms with Crippen LogP contribution in [0.3, 0.4) is 0 Å². The van der Waals surface area contributed by atoms with Crippen molar-refractivity contribution in [2.45, 2.75) is 18.6 Å². The first-order valence-electron chi connectivity index (χ1n) is 5.71. The Labute approximate surface area is 106 Å². The molecule has 100 valence electrons. The summed E-state index contributed by atoms with van der Waals surface area (Å²) in [7, 11) is 1.77. The summed E-state index contributed by atoms with van der Waals surface area (Å²) in [6.45, 7) is 0.609. The number of carbonyl (C=O) groups excluding carboxylic acids is 1. The van der Waals surface area contributed by atoms with E-state index in [1.807, 2.05) is 0 Å². The van der Waals surface area contributed by atoms with E-state index in [1.54, 1.807) is 31.3 Å². The SMILES string of the molecule is CNCCC(O)C(O)c1cccc(NC(N)=O)c1. The molecular formula is C12H19N3O3. The number of primary amides is 1. The largest absolute Gasteiger partial charge is 0.390 e. The van der Waals surface area contributed by atoms with Gasteiger partial charge in [-0.05, 0) is 37.7 Å². The Bertz CT molecular complexity index is 398. The van der Waals surface area contributed by atoms with E-state index in [1.165, 1.54) is 0 Å². The molecule has 6 N–H and O–H groups in total. The van der Waals surface area contributed by atoms with E-state index in [-0.39, 0.29) is 0 Å². The quantitative estimate of drug-likeness (QED) is 0.498. The molecule has 0 bridgehead atoms. The van der Waals surface area contributed by atoms with Crippen LogP contribution in [0.1, 0.15) is 18.1 Å². The minimum Gasteiger partial charge on any atom is -0.390 e. The van der Waals surface area contributed by atoms with Crippen molar-refractivity contribution in [1.29, 1.82) is 0 Å². The molecule has 2 unspecified atom stereocenters. The number of carbonyl (C=O) groups is 1. The van der Waals surface area contributed by atoms with Crippen molar-refractivity contribution < 1.29 is 15.0 Å². The second-order valence-corrected chi connectivity index (χ2v) is 4.02. The van der Waals surface area contributed by atoms with Crippen molar-refractivity contribution in [2.24, 2.45) is 5.73 Å². The van der Waals surface area contributed by atoms with Crippen LogP contribution < -0.4 is 16.4 Å². The first kappa shape index (κ1) is 14.4. The number of hydrogen-bond acceptors (Lipinski definition) is 4. The Kier molecular flexibility index (Phi) is 5.57. The molecule has 2 amide bonds. The van der Waals surface area contributed by atoms with E-state index in [0.717, 1.165) is 0 Å². The molecule has 0 aliphatic rings. The van der Waals surface area contributed by atoms with Gasteiger partial charge >= 0.3 is 6.03 Å². The number of aliphatic hydroxyl groups excluding tert-OH is 2. The van der Waals surface area contributed by atoms with Crippen LogP contribution in [-0.4, -0.2) is 35.9 Å². The van der Waals surface area contributed by atoms with Crippen LogP contribution in [-0.2, 0) is 0 Å². The van der Waals surface area contributed by atoms with Crippen LogP contribution in [0.25, 0.3) is 0 Å². The Morgan fingerprint density at radius 1 is 1.44 bits per heavy atom. The van der Waals surface area contributed by atoms with Crippen molar-refractivity contribution >= 4 is 11.7 Å². The van der Waals surface area contributed by atoms with Crippen LogP contribution in [0.5, 0.6) is 0 Å². The van der Waals surface area contributed by atoms with E-state index < -0.39 is 18.2 Å². The Morgan fingerprint density at radius 2 is 2.17 bits per heavy atom. The number of benzene rings is 1. The lowest BCUT2D eigenvalue weighted by Gasteiger charge is -2.18. The molecule has 0 aromatic heterocycles. The molecule has 0 saturated carbocycles. The fourth-order valence-electron chi connectivity index (χ4n) is 1.61. The summed E-state index contributed by atoms with van der Waals surface area (Å²) in [5, 5.41) is 25.0. The lowest BCUT2D eigenvalue weighted by atomic mass is 10.0. The third kappa shape index (κ3) is 4.33. The number of rotatable bonds is 6. The smallest absolute Gasteiger partial charge is 0.316 e. The Balaban J connectivity index is 2.72. The Morgan fingerprint density at radius 3 is 2.78 bits per heavy atom. The monoisotopic (exact) mass is 253 g/mol. The molecule has 1 rings (SSSR count). The minimum absolute atomic E-state index is 0.436. The maximum Gasteiger partial charge on any atom is 0.316 e. The minimum atomic E-state index is -0.993. The predicted molar refractivity (Wildman–Crippen MR) is 69.2 cm³/mol. The number of amides is 2. The van der Waals surface area contributed by atoms with Crippen molar-refractivity contribution in [2.75, 3.05) is 18.9 Å². The summed E-state index contributed by atoms with van der Waals surface area (Å²) in [6.07, 6.45) is -1.42. The van der Waals surface area contributed by atoms with Gasteiger partial charge in [0, 0.05) is 5.69 Å². The van der Waals surface area contributed by atoms with E-state index in [0.29, 0.717) is 24.2 Å². The van der Waals surface area contributed by atoms with Gasteiger partial charge in [-0.3, -0.25) is 0 Å². The molecule has 0 fully saturated rings. The zero-order chi connectivity index (χ0) is 13.5. The first-order chi connectivity index (χ1) is 8.54. The average Bonchev–Trinajstić information content (AvgIpc) is 2.34. The Hall–Kier alpha value is -1.63. The van der Waals surface area contributed by atoms with Gasteiger partial charge in [0.2, 0.25) is 0 Å². The zero-order valence-electron chi connectivity index (χ0n) is 10.3. The second kappa shape index (κ2) is 6.95. The molecule has 1 aromatic rings. The van der Waals surface area contributed by atoms with Gasteiger partial charge in [-0.15, -0.1) is 0 Å². The fourth-order valence-corrected chi connectivity index (χ4v) is 1.61. The molecule has 2 atom stereocenters. The van der Waals surface area contributed by atoms with Gasteiger partial charge in [0.15, 0.2) is 0 Å². The molecule has 0 aliphatic carbocycles. The van der Waals surface area contributed by atoms with Crippen molar-refractivity contribution in [3.05, 3.63) is 29.8 Å². The number of urea groups is 1. The third-order valence-corrected chi connectivity index (χ3v) is 2.55. The number of nitrogens with one attached hydrogen (secondary N) is 2. The van der Waals surface area contributed by atoms with E-state index in [4.69, 9.17) is 5.73 Å². The molecule has 0 saturated heterocycles. The summed E-state index contributed by atoms with van der Waals surface area (Å²) in [6, 6.07) is 5.92. The molecule has 0 aliphatic heterocycles. The van der Waals surface area contributed by atoms with Crippen LogP contribution in [0.2, 0.25) is 0 Å². The van der Waals surface area contributed by atoms with Gasteiger partial charge < -0.3 is 26.6 Å². The summed E-state index contributed by atoms with van der Waals surface area (Å²) in [5.74, 6) is 0. The maximum absolute atomic E-state index is 10.7. The molecule has 6 nitrogen and oxygen atoms in total. The van der Waals surface area contributed by atoms with Crippen LogP contribution in [0, 0.1) is 0 Å².